The van der Waals surface area contributed by atoms with Crippen molar-refractivity contribution < 1.29 is 14.3 Å². The van der Waals surface area contributed by atoms with E-state index in [1.54, 1.807) is 30.3 Å². The molecule has 2 aromatic rings. The van der Waals surface area contributed by atoms with Gasteiger partial charge in [0.1, 0.15) is 11.8 Å². The van der Waals surface area contributed by atoms with Crippen LogP contribution in [-0.4, -0.2) is 25.0 Å². The maximum Gasteiger partial charge on any atom is 0.252 e. The Labute approximate surface area is 158 Å². The molecule has 2 N–H and O–H groups in total. The lowest BCUT2D eigenvalue weighted by Crippen LogP contribution is -2.47. The second-order valence-corrected chi connectivity index (χ2v) is 6.76. The van der Waals surface area contributed by atoms with E-state index in [0.717, 1.165) is 5.56 Å². The first-order chi connectivity index (χ1) is 12.3. The van der Waals surface area contributed by atoms with Gasteiger partial charge in [-0.1, -0.05) is 43.6 Å². The Balaban J connectivity index is 2.14. The van der Waals surface area contributed by atoms with Crippen molar-refractivity contribution in [1.82, 2.24) is 5.32 Å². The molecule has 0 heterocycles. The largest absolute Gasteiger partial charge is 0.495 e. The van der Waals surface area contributed by atoms with E-state index in [1.165, 1.54) is 7.11 Å². The van der Waals surface area contributed by atoms with Gasteiger partial charge in [0, 0.05) is 11.3 Å². The number of carbonyl (C=O) groups excluding carboxylic acids is 2. The molecule has 0 spiro atoms. The molecule has 0 aliphatic heterocycles. The molecule has 2 rings (SSSR count). The van der Waals surface area contributed by atoms with Crippen LogP contribution in [0.4, 0.5) is 5.69 Å². The molecular formula is C20H23ClN2O3. The van der Waals surface area contributed by atoms with Crippen LogP contribution < -0.4 is 15.4 Å². The zero-order chi connectivity index (χ0) is 19.3. The van der Waals surface area contributed by atoms with Gasteiger partial charge in [-0.2, -0.15) is 0 Å². The molecule has 0 saturated heterocycles. The van der Waals surface area contributed by atoms with Crippen LogP contribution in [0.15, 0.2) is 42.5 Å². The Morgan fingerprint density at radius 2 is 1.81 bits per heavy atom. The van der Waals surface area contributed by atoms with Crippen molar-refractivity contribution in [2.24, 2.45) is 5.92 Å². The van der Waals surface area contributed by atoms with Crippen LogP contribution in [0.1, 0.15) is 29.8 Å². The van der Waals surface area contributed by atoms with Crippen molar-refractivity contribution in [3.8, 4) is 5.75 Å². The number of carbonyl (C=O) groups is 2. The summed E-state index contributed by atoms with van der Waals surface area (Å²) >= 11 is 6.09. The van der Waals surface area contributed by atoms with E-state index in [-0.39, 0.29) is 17.7 Å². The minimum atomic E-state index is -0.678. The summed E-state index contributed by atoms with van der Waals surface area (Å²) in [5, 5.41) is 6.01. The summed E-state index contributed by atoms with van der Waals surface area (Å²) in [5.41, 5.74) is 1.95. The molecule has 6 heteroatoms. The van der Waals surface area contributed by atoms with Crippen molar-refractivity contribution in [3.63, 3.8) is 0 Å². The molecule has 0 fully saturated rings. The van der Waals surface area contributed by atoms with Gasteiger partial charge >= 0.3 is 0 Å². The smallest absolute Gasteiger partial charge is 0.252 e. The van der Waals surface area contributed by atoms with E-state index >= 15 is 0 Å². The molecular weight excluding hydrogens is 352 g/mol. The Hall–Kier alpha value is -2.53. The molecule has 26 heavy (non-hydrogen) atoms. The number of aryl methyl sites for hydroxylation is 1. The molecule has 0 aliphatic rings. The normalized spacial score (nSPS) is 11.8. The number of amides is 2. The first-order valence-electron chi connectivity index (χ1n) is 8.34. The number of methoxy groups -OCH3 is 1. The van der Waals surface area contributed by atoms with Crippen LogP contribution in [0, 0.1) is 12.8 Å². The van der Waals surface area contributed by atoms with Crippen LogP contribution in [-0.2, 0) is 4.79 Å². The molecule has 2 aromatic carbocycles. The van der Waals surface area contributed by atoms with Crippen molar-refractivity contribution in [3.05, 3.63) is 58.6 Å². The third-order valence-electron chi connectivity index (χ3n) is 4.04. The third kappa shape index (κ3) is 4.76. The van der Waals surface area contributed by atoms with Gasteiger partial charge in [-0.25, -0.2) is 0 Å². The Morgan fingerprint density at radius 1 is 1.12 bits per heavy atom. The van der Waals surface area contributed by atoms with Gasteiger partial charge in [0.15, 0.2) is 0 Å². The molecule has 2 amide bonds. The van der Waals surface area contributed by atoms with Gasteiger partial charge in [0.05, 0.1) is 12.1 Å². The van der Waals surface area contributed by atoms with Crippen molar-refractivity contribution in [2.45, 2.75) is 26.8 Å². The number of hydrogen-bond donors (Lipinski definition) is 2. The number of hydrogen-bond acceptors (Lipinski definition) is 3. The number of benzene rings is 2. The van der Waals surface area contributed by atoms with Gasteiger partial charge in [-0.3, -0.25) is 9.59 Å². The minimum absolute atomic E-state index is 0.0864. The maximum atomic E-state index is 12.7. The summed E-state index contributed by atoms with van der Waals surface area (Å²) < 4.78 is 5.10. The summed E-state index contributed by atoms with van der Waals surface area (Å²) in [6, 6.07) is 11.6. The molecule has 1 unspecified atom stereocenters. The second kappa shape index (κ2) is 8.72. The van der Waals surface area contributed by atoms with Crippen LogP contribution in [0.2, 0.25) is 5.02 Å². The van der Waals surface area contributed by atoms with Gasteiger partial charge < -0.3 is 15.4 Å². The number of rotatable bonds is 6. The quantitative estimate of drug-likeness (QED) is 0.801. The van der Waals surface area contributed by atoms with Crippen LogP contribution in [0.3, 0.4) is 0 Å². The molecule has 1 atom stereocenters. The van der Waals surface area contributed by atoms with E-state index in [2.05, 4.69) is 10.6 Å². The summed E-state index contributed by atoms with van der Waals surface area (Å²) in [4.78, 5) is 25.2. The van der Waals surface area contributed by atoms with E-state index in [9.17, 15) is 9.59 Å². The lowest BCUT2D eigenvalue weighted by molar-refractivity contribution is -0.118. The highest BCUT2D eigenvalue weighted by atomic mass is 35.5. The highest BCUT2D eigenvalue weighted by Gasteiger charge is 2.25. The van der Waals surface area contributed by atoms with Crippen molar-refractivity contribution in [2.75, 3.05) is 12.4 Å². The Morgan fingerprint density at radius 3 is 2.38 bits per heavy atom. The fourth-order valence-corrected chi connectivity index (χ4v) is 2.80. The van der Waals surface area contributed by atoms with Crippen LogP contribution in [0.25, 0.3) is 0 Å². The topological polar surface area (TPSA) is 67.4 Å². The zero-order valence-corrected chi connectivity index (χ0v) is 16.1. The van der Waals surface area contributed by atoms with Crippen LogP contribution in [0.5, 0.6) is 5.75 Å². The van der Waals surface area contributed by atoms with Gasteiger partial charge in [-0.05, 0) is 42.7 Å². The lowest BCUT2D eigenvalue weighted by atomic mass is 10.0. The Bertz CT molecular complexity index is 805. The van der Waals surface area contributed by atoms with E-state index < -0.39 is 6.04 Å². The zero-order valence-electron chi connectivity index (χ0n) is 15.3. The minimum Gasteiger partial charge on any atom is -0.495 e. The summed E-state index contributed by atoms with van der Waals surface area (Å²) in [6.07, 6.45) is 0. The fraction of sp³-hybridized carbons (Fsp3) is 0.300. The summed E-state index contributed by atoms with van der Waals surface area (Å²) in [5.74, 6) is -0.137. The monoisotopic (exact) mass is 374 g/mol. The molecule has 0 aliphatic carbocycles. The van der Waals surface area contributed by atoms with E-state index in [0.29, 0.717) is 22.0 Å². The second-order valence-electron chi connectivity index (χ2n) is 6.35. The number of ether oxygens (including phenoxy) is 1. The summed E-state index contributed by atoms with van der Waals surface area (Å²) in [7, 11) is 1.52. The molecule has 138 valence electrons. The standard InChI is InChI=1S/C20H23ClN2O3/c1-12(2)18(23-19(24)15-8-6-5-7-13(15)3)20(25)22-14-9-10-17(26-4)16(21)11-14/h5-12,18H,1-4H3,(H,22,25)(H,23,24). The molecule has 0 radical (unpaired) electrons. The van der Waals surface area contributed by atoms with Crippen LogP contribution >= 0.6 is 11.6 Å². The van der Waals surface area contributed by atoms with Crippen molar-refractivity contribution >= 4 is 29.1 Å². The predicted octanol–water partition coefficient (Wildman–Crippen LogP) is 4.05. The van der Waals surface area contributed by atoms with Crippen molar-refractivity contribution in [1.29, 1.82) is 0 Å². The van der Waals surface area contributed by atoms with E-state index in [4.69, 9.17) is 16.3 Å². The predicted molar refractivity (Wildman–Crippen MR) is 104 cm³/mol. The van der Waals surface area contributed by atoms with Gasteiger partial charge in [0.2, 0.25) is 5.91 Å². The maximum absolute atomic E-state index is 12.7. The first-order valence-corrected chi connectivity index (χ1v) is 8.72. The van der Waals surface area contributed by atoms with Gasteiger partial charge in [0.25, 0.3) is 5.91 Å². The Kier molecular flexibility index (Phi) is 6.64. The molecule has 5 nitrogen and oxygen atoms in total. The average Bonchev–Trinajstić information content (AvgIpc) is 2.59. The molecule has 0 saturated carbocycles. The number of halogens is 1. The number of nitrogens with one attached hydrogen (secondary N) is 2. The molecule has 0 aromatic heterocycles. The number of anilines is 1. The third-order valence-corrected chi connectivity index (χ3v) is 4.34. The van der Waals surface area contributed by atoms with E-state index in [1.807, 2.05) is 32.9 Å². The highest BCUT2D eigenvalue weighted by molar-refractivity contribution is 6.32. The highest BCUT2D eigenvalue weighted by Crippen LogP contribution is 2.27. The molecule has 0 bridgehead atoms. The first kappa shape index (κ1) is 19.8. The summed E-state index contributed by atoms with van der Waals surface area (Å²) in [6.45, 7) is 5.62. The lowest BCUT2D eigenvalue weighted by Gasteiger charge is -2.22. The SMILES string of the molecule is COc1ccc(NC(=O)C(NC(=O)c2ccccc2C)C(C)C)cc1Cl. The fourth-order valence-electron chi connectivity index (χ4n) is 2.55. The van der Waals surface area contributed by atoms with Gasteiger partial charge in [-0.15, -0.1) is 0 Å². The average molecular weight is 375 g/mol.